The largest absolute Gasteiger partial charge is 0.332 e. The zero-order chi connectivity index (χ0) is 17.8. The van der Waals surface area contributed by atoms with Crippen molar-refractivity contribution in [2.75, 3.05) is 31.1 Å². The Hall–Kier alpha value is -1.40. The quantitative estimate of drug-likeness (QED) is 0.820. The fourth-order valence-electron chi connectivity index (χ4n) is 4.34. The summed E-state index contributed by atoms with van der Waals surface area (Å²) in [7, 11) is -3.08. The van der Waals surface area contributed by atoms with E-state index in [1.165, 1.54) is 12.8 Å². The molecule has 0 radical (unpaired) electrons. The summed E-state index contributed by atoms with van der Waals surface area (Å²) in [5, 5.41) is 0. The van der Waals surface area contributed by atoms with Crippen molar-refractivity contribution in [3.8, 4) is 0 Å². The van der Waals surface area contributed by atoms with Gasteiger partial charge in [-0.2, -0.15) is 0 Å². The van der Waals surface area contributed by atoms with Gasteiger partial charge in [-0.3, -0.25) is 9.69 Å². The number of hydrogen-bond donors (Lipinski definition) is 0. The molecule has 1 aliphatic carbocycles. The molecule has 1 aromatic rings. The maximum absolute atomic E-state index is 13.1. The molecule has 2 aliphatic heterocycles. The SMILES string of the molecule is Cc1ccc(C(=O)N2CCN(CC3CC3)C3CS(=O)(=O)CC32)c(C)c1. The number of aryl methyl sites for hydroxylation is 2. The normalized spacial score (nSPS) is 28.8. The summed E-state index contributed by atoms with van der Waals surface area (Å²) >= 11 is 0. The maximum atomic E-state index is 13.1. The van der Waals surface area contributed by atoms with Crippen LogP contribution >= 0.6 is 0 Å². The van der Waals surface area contributed by atoms with Crippen LogP contribution in [0.25, 0.3) is 0 Å². The van der Waals surface area contributed by atoms with Crippen molar-refractivity contribution in [3.63, 3.8) is 0 Å². The van der Waals surface area contributed by atoms with Gasteiger partial charge in [0.15, 0.2) is 9.84 Å². The van der Waals surface area contributed by atoms with Gasteiger partial charge in [0.2, 0.25) is 0 Å². The molecule has 4 rings (SSSR count). The molecule has 1 aromatic carbocycles. The predicted octanol–water partition coefficient (Wildman–Crippen LogP) is 1.64. The van der Waals surface area contributed by atoms with Gasteiger partial charge in [0.1, 0.15) is 0 Å². The van der Waals surface area contributed by atoms with E-state index in [2.05, 4.69) is 4.90 Å². The third-order valence-electron chi connectivity index (χ3n) is 5.85. The first-order chi connectivity index (χ1) is 11.8. The van der Waals surface area contributed by atoms with Crippen LogP contribution < -0.4 is 0 Å². The van der Waals surface area contributed by atoms with Crippen LogP contribution in [0.1, 0.15) is 34.3 Å². The minimum Gasteiger partial charge on any atom is -0.332 e. The van der Waals surface area contributed by atoms with Gasteiger partial charge in [-0.05, 0) is 44.2 Å². The second kappa shape index (κ2) is 6.09. The molecule has 0 bridgehead atoms. The van der Waals surface area contributed by atoms with E-state index >= 15 is 0 Å². The number of carbonyl (C=O) groups is 1. The predicted molar refractivity (Wildman–Crippen MR) is 97.5 cm³/mol. The molecule has 5 nitrogen and oxygen atoms in total. The summed E-state index contributed by atoms with van der Waals surface area (Å²) < 4.78 is 24.6. The first-order valence-corrected chi connectivity index (χ1v) is 11.0. The molecular formula is C19H26N2O3S. The molecule has 3 aliphatic rings. The average Bonchev–Trinajstić information content (AvgIpc) is 3.27. The van der Waals surface area contributed by atoms with Crippen LogP contribution in [-0.2, 0) is 9.84 Å². The van der Waals surface area contributed by atoms with Crippen molar-refractivity contribution in [2.45, 2.75) is 38.8 Å². The van der Waals surface area contributed by atoms with E-state index in [1.54, 1.807) is 0 Å². The number of fused-ring (bicyclic) bond motifs is 1. The Balaban J connectivity index is 1.60. The van der Waals surface area contributed by atoms with Gasteiger partial charge in [-0.25, -0.2) is 8.42 Å². The Morgan fingerprint density at radius 1 is 1.12 bits per heavy atom. The molecule has 1 saturated carbocycles. The van der Waals surface area contributed by atoms with Crippen LogP contribution in [0.4, 0.5) is 0 Å². The summed E-state index contributed by atoms with van der Waals surface area (Å²) in [5.41, 5.74) is 2.79. The van der Waals surface area contributed by atoms with Gasteiger partial charge in [-0.1, -0.05) is 17.7 Å². The Morgan fingerprint density at radius 3 is 2.52 bits per heavy atom. The van der Waals surface area contributed by atoms with E-state index in [-0.39, 0.29) is 29.5 Å². The van der Waals surface area contributed by atoms with Crippen LogP contribution in [0.3, 0.4) is 0 Å². The van der Waals surface area contributed by atoms with Gasteiger partial charge < -0.3 is 4.90 Å². The van der Waals surface area contributed by atoms with Gasteiger partial charge in [-0.15, -0.1) is 0 Å². The lowest BCUT2D eigenvalue weighted by atomic mass is 10.00. The van der Waals surface area contributed by atoms with E-state index in [1.807, 2.05) is 36.9 Å². The first kappa shape index (κ1) is 17.0. The van der Waals surface area contributed by atoms with Crippen molar-refractivity contribution in [1.29, 1.82) is 0 Å². The monoisotopic (exact) mass is 362 g/mol. The number of rotatable bonds is 3. The molecule has 136 valence electrons. The lowest BCUT2D eigenvalue weighted by Crippen LogP contribution is -2.60. The Bertz CT molecular complexity index is 801. The molecule has 1 amide bonds. The minimum atomic E-state index is -3.08. The number of benzene rings is 1. The number of carbonyl (C=O) groups excluding carboxylic acids is 1. The Labute approximate surface area is 149 Å². The number of sulfone groups is 1. The molecule has 0 spiro atoms. The summed E-state index contributed by atoms with van der Waals surface area (Å²) in [4.78, 5) is 17.3. The molecule has 2 heterocycles. The van der Waals surface area contributed by atoms with Gasteiger partial charge in [0.05, 0.1) is 17.5 Å². The van der Waals surface area contributed by atoms with Crippen molar-refractivity contribution in [1.82, 2.24) is 9.80 Å². The molecule has 3 fully saturated rings. The third-order valence-corrected chi connectivity index (χ3v) is 7.55. The molecular weight excluding hydrogens is 336 g/mol. The van der Waals surface area contributed by atoms with E-state index < -0.39 is 9.84 Å². The lowest BCUT2D eigenvalue weighted by molar-refractivity contribution is 0.0317. The van der Waals surface area contributed by atoms with E-state index in [4.69, 9.17) is 0 Å². The van der Waals surface area contributed by atoms with E-state index in [9.17, 15) is 13.2 Å². The summed E-state index contributed by atoms with van der Waals surface area (Å²) in [6.45, 7) is 6.35. The van der Waals surface area contributed by atoms with Gasteiger partial charge in [0.25, 0.3) is 5.91 Å². The molecule has 25 heavy (non-hydrogen) atoms. The van der Waals surface area contributed by atoms with Crippen molar-refractivity contribution >= 4 is 15.7 Å². The smallest absolute Gasteiger partial charge is 0.254 e. The van der Waals surface area contributed by atoms with Crippen molar-refractivity contribution in [2.24, 2.45) is 5.92 Å². The fraction of sp³-hybridized carbons (Fsp3) is 0.632. The Morgan fingerprint density at radius 2 is 1.84 bits per heavy atom. The van der Waals surface area contributed by atoms with Crippen LogP contribution in [0.2, 0.25) is 0 Å². The average molecular weight is 362 g/mol. The topological polar surface area (TPSA) is 57.7 Å². The highest BCUT2D eigenvalue weighted by molar-refractivity contribution is 7.91. The number of piperazine rings is 1. The standard InChI is InChI=1S/C19H26N2O3S/c1-13-3-6-16(14(2)9-13)19(22)21-8-7-20(10-15-4-5-15)17-11-25(23,24)12-18(17)21/h3,6,9,15,17-18H,4-5,7-8,10-12H2,1-2H3. The molecule has 2 atom stereocenters. The zero-order valence-corrected chi connectivity index (χ0v) is 15.8. The summed E-state index contributed by atoms with van der Waals surface area (Å²) in [5.74, 6) is 1.01. The summed E-state index contributed by atoms with van der Waals surface area (Å²) in [6.07, 6.45) is 2.51. The highest BCUT2D eigenvalue weighted by Gasteiger charge is 2.48. The highest BCUT2D eigenvalue weighted by atomic mass is 32.2. The van der Waals surface area contributed by atoms with Crippen LogP contribution in [0.5, 0.6) is 0 Å². The molecule has 0 N–H and O–H groups in total. The molecule has 2 saturated heterocycles. The lowest BCUT2D eigenvalue weighted by Gasteiger charge is -2.44. The highest BCUT2D eigenvalue weighted by Crippen LogP contribution is 2.34. The number of amides is 1. The zero-order valence-electron chi connectivity index (χ0n) is 14.9. The van der Waals surface area contributed by atoms with E-state index in [0.717, 1.165) is 30.1 Å². The maximum Gasteiger partial charge on any atom is 0.254 e. The minimum absolute atomic E-state index is 0.0179. The summed E-state index contributed by atoms with van der Waals surface area (Å²) in [6, 6.07) is 5.60. The van der Waals surface area contributed by atoms with Crippen molar-refractivity contribution in [3.05, 3.63) is 34.9 Å². The molecule has 2 unspecified atom stereocenters. The van der Waals surface area contributed by atoms with E-state index in [0.29, 0.717) is 12.1 Å². The number of nitrogens with zero attached hydrogens (tertiary/aromatic N) is 2. The molecule has 0 aromatic heterocycles. The van der Waals surface area contributed by atoms with Crippen molar-refractivity contribution < 1.29 is 13.2 Å². The Kier molecular flexibility index (Phi) is 4.15. The van der Waals surface area contributed by atoms with Crippen LogP contribution in [-0.4, -0.2) is 67.3 Å². The first-order valence-electron chi connectivity index (χ1n) is 9.17. The van der Waals surface area contributed by atoms with Gasteiger partial charge >= 0.3 is 0 Å². The van der Waals surface area contributed by atoms with Gasteiger partial charge in [0, 0.05) is 31.2 Å². The fourth-order valence-corrected chi connectivity index (χ4v) is 6.36. The third kappa shape index (κ3) is 3.34. The second-order valence-electron chi connectivity index (χ2n) is 7.97. The van der Waals surface area contributed by atoms with Crippen LogP contribution in [0, 0.1) is 19.8 Å². The number of hydrogen-bond acceptors (Lipinski definition) is 4. The van der Waals surface area contributed by atoms with Crippen LogP contribution in [0.15, 0.2) is 18.2 Å². The molecule has 6 heteroatoms. The second-order valence-corrected chi connectivity index (χ2v) is 10.1.